The van der Waals surface area contributed by atoms with E-state index in [2.05, 4.69) is 43.4 Å². The summed E-state index contributed by atoms with van der Waals surface area (Å²) in [6, 6.07) is 17.6. The van der Waals surface area contributed by atoms with E-state index >= 15 is 0 Å². The van der Waals surface area contributed by atoms with Gasteiger partial charge in [0, 0.05) is 30.8 Å². The maximum atomic E-state index is 12.9. The van der Waals surface area contributed by atoms with Crippen LogP contribution in [0.1, 0.15) is 53.0 Å². The first kappa shape index (κ1) is 20.1. The normalized spacial score (nSPS) is 14.9. The predicted molar refractivity (Wildman–Crippen MR) is 112 cm³/mol. The Labute approximate surface area is 167 Å². The van der Waals surface area contributed by atoms with E-state index in [9.17, 15) is 9.59 Å². The SMILES string of the molecule is CC(C)CNC(=O)c1cccc(C(=O)N2CCC(Cc3ccccc3)CC2)c1. The highest BCUT2D eigenvalue weighted by Crippen LogP contribution is 2.23. The van der Waals surface area contributed by atoms with E-state index in [4.69, 9.17) is 0 Å². The van der Waals surface area contributed by atoms with E-state index in [1.807, 2.05) is 11.0 Å². The van der Waals surface area contributed by atoms with Gasteiger partial charge in [-0.15, -0.1) is 0 Å². The highest BCUT2D eigenvalue weighted by Gasteiger charge is 2.24. The Bertz CT molecular complexity index is 793. The molecule has 0 atom stereocenters. The second-order valence-electron chi connectivity index (χ2n) is 8.11. The summed E-state index contributed by atoms with van der Waals surface area (Å²) in [4.78, 5) is 27.1. The molecule has 1 heterocycles. The van der Waals surface area contributed by atoms with Crippen molar-refractivity contribution < 1.29 is 9.59 Å². The number of carbonyl (C=O) groups excluding carboxylic acids is 2. The highest BCUT2D eigenvalue weighted by atomic mass is 16.2. The molecule has 2 aromatic carbocycles. The molecule has 0 aromatic heterocycles. The molecule has 0 saturated carbocycles. The maximum Gasteiger partial charge on any atom is 0.253 e. The summed E-state index contributed by atoms with van der Waals surface area (Å²) in [7, 11) is 0. The second-order valence-corrected chi connectivity index (χ2v) is 8.11. The zero-order valence-corrected chi connectivity index (χ0v) is 16.9. The molecule has 1 saturated heterocycles. The first-order valence-electron chi connectivity index (χ1n) is 10.2. The minimum atomic E-state index is -0.120. The molecule has 0 radical (unpaired) electrons. The van der Waals surface area contributed by atoms with Crippen molar-refractivity contribution in [2.24, 2.45) is 11.8 Å². The molecule has 0 aliphatic carbocycles. The van der Waals surface area contributed by atoms with E-state index in [-0.39, 0.29) is 11.8 Å². The average Bonchev–Trinajstić information content (AvgIpc) is 2.73. The van der Waals surface area contributed by atoms with Crippen molar-refractivity contribution in [2.75, 3.05) is 19.6 Å². The number of nitrogens with zero attached hydrogens (tertiary/aromatic N) is 1. The van der Waals surface area contributed by atoms with E-state index in [0.29, 0.717) is 29.5 Å². The molecule has 4 heteroatoms. The first-order chi connectivity index (χ1) is 13.5. The zero-order chi connectivity index (χ0) is 19.9. The topological polar surface area (TPSA) is 49.4 Å². The van der Waals surface area contributed by atoms with Crippen LogP contribution < -0.4 is 5.32 Å². The predicted octanol–water partition coefficient (Wildman–Crippen LogP) is 4.17. The number of benzene rings is 2. The first-order valence-corrected chi connectivity index (χ1v) is 10.2. The second kappa shape index (κ2) is 9.54. The average molecular weight is 379 g/mol. The fraction of sp³-hybridized carbons (Fsp3) is 0.417. The molecule has 1 aliphatic heterocycles. The number of piperidine rings is 1. The molecule has 28 heavy (non-hydrogen) atoms. The lowest BCUT2D eigenvalue weighted by Gasteiger charge is -2.32. The van der Waals surface area contributed by atoms with Crippen molar-refractivity contribution in [3.8, 4) is 0 Å². The molecule has 3 rings (SSSR count). The molecule has 0 bridgehead atoms. The Morgan fingerprint density at radius 1 is 1.00 bits per heavy atom. The Morgan fingerprint density at radius 2 is 1.68 bits per heavy atom. The van der Waals surface area contributed by atoms with Gasteiger partial charge in [0.1, 0.15) is 0 Å². The Balaban J connectivity index is 1.56. The number of hydrogen-bond acceptors (Lipinski definition) is 2. The Kier molecular flexibility index (Phi) is 6.85. The van der Waals surface area contributed by atoms with E-state index in [1.54, 1.807) is 24.3 Å². The van der Waals surface area contributed by atoms with Crippen LogP contribution in [0.15, 0.2) is 54.6 Å². The van der Waals surface area contributed by atoms with Gasteiger partial charge in [-0.1, -0.05) is 50.2 Å². The van der Waals surface area contributed by atoms with Crippen LogP contribution in [-0.2, 0) is 6.42 Å². The zero-order valence-electron chi connectivity index (χ0n) is 16.9. The van der Waals surface area contributed by atoms with Gasteiger partial charge in [-0.25, -0.2) is 0 Å². The van der Waals surface area contributed by atoms with Gasteiger partial charge in [-0.3, -0.25) is 9.59 Å². The van der Waals surface area contributed by atoms with Crippen molar-refractivity contribution >= 4 is 11.8 Å². The molecule has 2 aromatic rings. The molecular weight excluding hydrogens is 348 g/mol. The lowest BCUT2D eigenvalue weighted by molar-refractivity contribution is 0.0690. The number of rotatable bonds is 6. The summed E-state index contributed by atoms with van der Waals surface area (Å²) in [5.41, 5.74) is 2.51. The van der Waals surface area contributed by atoms with Gasteiger partial charge in [0.05, 0.1) is 0 Å². The molecule has 1 fully saturated rings. The van der Waals surface area contributed by atoms with Crippen LogP contribution in [0.25, 0.3) is 0 Å². The van der Waals surface area contributed by atoms with Gasteiger partial charge in [0.2, 0.25) is 0 Å². The third-order valence-corrected chi connectivity index (χ3v) is 5.31. The van der Waals surface area contributed by atoms with Crippen LogP contribution in [0.3, 0.4) is 0 Å². The molecule has 0 unspecified atom stereocenters. The van der Waals surface area contributed by atoms with Crippen LogP contribution in [0, 0.1) is 11.8 Å². The Morgan fingerprint density at radius 3 is 2.36 bits per heavy atom. The van der Waals surface area contributed by atoms with Gasteiger partial charge >= 0.3 is 0 Å². The third-order valence-electron chi connectivity index (χ3n) is 5.31. The molecule has 0 spiro atoms. The van der Waals surface area contributed by atoms with E-state index in [0.717, 1.165) is 32.4 Å². The smallest absolute Gasteiger partial charge is 0.253 e. The van der Waals surface area contributed by atoms with Gasteiger partial charge in [0.25, 0.3) is 11.8 Å². The lowest BCUT2D eigenvalue weighted by Crippen LogP contribution is -2.39. The summed E-state index contributed by atoms with van der Waals surface area (Å²) in [5, 5.41) is 2.91. The van der Waals surface area contributed by atoms with Crippen LogP contribution in [0.5, 0.6) is 0 Å². The summed E-state index contributed by atoms with van der Waals surface area (Å²) in [5.74, 6) is 0.923. The lowest BCUT2D eigenvalue weighted by atomic mass is 9.90. The quantitative estimate of drug-likeness (QED) is 0.820. The van der Waals surface area contributed by atoms with Crippen molar-refractivity contribution in [1.29, 1.82) is 0 Å². The molecule has 148 valence electrons. The van der Waals surface area contributed by atoms with Crippen molar-refractivity contribution in [1.82, 2.24) is 10.2 Å². The fourth-order valence-electron chi connectivity index (χ4n) is 3.66. The molecule has 2 amide bonds. The largest absolute Gasteiger partial charge is 0.352 e. The van der Waals surface area contributed by atoms with Gasteiger partial charge in [0.15, 0.2) is 0 Å². The van der Waals surface area contributed by atoms with E-state index in [1.165, 1.54) is 5.56 Å². The standard InChI is InChI=1S/C24H30N2O2/c1-18(2)17-25-23(27)21-9-6-10-22(16-21)24(28)26-13-11-20(12-14-26)15-19-7-4-3-5-8-19/h3-10,16,18,20H,11-15,17H2,1-2H3,(H,25,27). The molecule has 4 nitrogen and oxygen atoms in total. The molecule has 1 aliphatic rings. The van der Waals surface area contributed by atoms with Gasteiger partial charge < -0.3 is 10.2 Å². The van der Waals surface area contributed by atoms with Crippen LogP contribution in [0.2, 0.25) is 0 Å². The number of hydrogen-bond donors (Lipinski definition) is 1. The van der Waals surface area contributed by atoms with Crippen LogP contribution in [0.4, 0.5) is 0 Å². The summed E-state index contributed by atoms with van der Waals surface area (Å²) >= 11 is 0. The van der Waals surface area contributed by atoms with Crippen LogP contribution >= 0.6 is 0 Å². The number of carbonyl (C=O) groups is 2. The number of nitrogens with one attached hydrogen (secondary N) is 1. The minimum Gasteiger partial charge on any atom is -0.352 e. The molecule has 1 N–H and O–H groups in total. The monoisotopic (exact) mass is 378 g/mol. The summed E-state index contributed by atoms with van der Waals surface area (Å²) in [6.07, 6.45) is 3.12. The maximum absolute atomic E-state index is 12.9. The van der Waals surface area contributed by atoms with Crippen molar-refractivity contribution in [3.63, 3.8) is 0 Å². The molecular formula is C24H30N2O2. The fourth-order valence-corrected chi connectivity index (χ4v) is 3.66. The highest BCUT2D eigenvalue weighted by molar-refractivity contribution is 5.99. The minimum absolute atomic E-state index is 0.0247. The van der Waals surface area contributed by atoms with Gasteiger partial charge in [-0.2, -0.15) is 0 Å². The summed E-state index contributed by atoms with van der Waals surface area (Å²) in [6.45, 7) is 6.30. The summed E-state index contributed by atoms with van der Waals surface area (Å²) < 4.78 is 0. The van der Waals surface area contributed by atoms with E-state index < -0.39 is 0 Å². The number of amides is 2. The third kappa shape index (κ3) is 5.44. The van der Waals surface area contributed by atoms with Gasteiger partial charge in [-0.05, 0) is 54.9 Å². The van der Waals surface area contributed by atoms with Crippen molar-refractivity contribution in [2.45, 2.75) is 33.1 Å². The van der Waals surface area contributed by atoms with Crippen LogP contribution in [-0.4, -0.2) is 36.3 Å². The Hall–Kier alpha value is -2.62. The number of likely N-dealkylation sites (tertiary alicyclic amines) is 1. The van der Waals surface area contributed by atoms with Crippen molar-refractivity contribution in [3.05, 3.63) is 71.3 Å².